The van der Waals surface area contributed by atoms with Gasteiger partial charge in [0, 0.05) is 17.6 Å². The number of rotatable bonds is 4. The van der Waals surface area contributed by atoms with E-state index in [0.717, 1.165) is 4.68 Å². The summed E-state index contributed by atoms with van der Waals surface area (Å²) in [6.07, 6.45) is 1.57. The summed E-state index contributed by atoms with van der Waals surface area (Å²) in [7, 11) is 0. The third-order valence-corrected chi connectivity index (χ3v) is 3.69. The summed E-state index contributed by atoms with van der Waals surface area (Å²) in [6.45, 7) is 0.150. The van der Waals surface area contributed by atoms with Crippen molar-refractivity contribution in [3.63, 3.8) is 0 Å². The molecule has 0 spiro atoms. The first-order chi connectivity index (χ1) is 11.1. The molecule has 1 N–H and O–H groups in total. The third kappa shape index (κ3) is 3.67. The van der Waals surface area contributed by atoms with Crippen LogP contribution in [0.2, 0.25) is 0 Å². The fourth-order valence-corrected chi connectivity index (χ4v) is 2.42. The van der Waals surface area contributed by atoms with Crippen molar-refractivity contribution in [3.8, 4) is 0 Å². The average molecular weight is 330 g/mol. The zero-order chi connectivity index (χ0) is 16.2. The number of carbonyl (C=O) groups is 1. The fraction of sp³-hybridized carbons (Fsp3) is 0.0667. The lowest BCUT2D eigenvalue weighted by Crippen LogP contribution is -2.26. The van der Waals surface area contributed by atoms with Crippen molar-refractivity contribution in [2.24, 2.45) is 0 Å². The molecule has 0 saturated heterocycles. The van der Waals surface area contributed by atoms with Crippen LogP contribution in [0.15, 0.2) is 52.8 Å². The molecule has 0 bridgehead atoms. The molecule has 1 amide bonds. The van der Waals surface area contributed by atoms with E-state index in [9.17, 15) is 14.0 Å². The Morgan fingerprint density at radius 3 is 2.70 bits per heavy atom. The van der Waals surface area contributed by atoms with Gasteiger partial charge in [0.25, 0.3) is 11.5 Å². The van der Waals surface area contributed by atoms with E-state index in [4.69, 9.17) is 0 Å². The molecule has 0 aliphatic heterocycles. The highest BCUT2D eigenvalue weighted by Gasteiger charge is 2.11. The Hall–Kier alpha value is -2.87. The van der Waals surface area contributed by atoms with Gasteiger partial charge < -0.3 is 0 Å². The van der Waals surface area contributed by atoms with Crippen molar-refractivity contribution in [2.75, 3.05) is 5.32 Å². The molecule has 0 aliphatic rings. The molecule has 3 rings (SSSR count). The smallest absolute Gasteiger partial charge is 0.277 e. The molecule has 23 heavy (non-hydrogen) atoms. The van der Waals surface area contributed by atoms with E-state index in [0.29, 0.717) is 10.7 Å². The van der Waals surface area contributed by atoms with Crippen molar-refractivity contribution in [2.45, 2.75) is 6.54 Å². The molecule has 6 nitrogen and oxygen atoms in total. The van der Waals surface area contributed by atoms with Gasteiger partial charge in [-0.1, -0.05) is 12.1 Å². The van der Waals surface area contributed by atoms with Gasteiger partial charge in [0.05, 0.1) is 6.54 Å². The second-order valence-corrected chi connectivity index (χ2v) is 5.53. The molecule has 2 aromatic heterocycles. The van der Waals surface area contributed by atoms with Crippen LogP contribution in [-0.4, -0.2) is 20.7 Å². The number of halogens is 1. The lowest BCUT2D eigenvalue weighted by molar-refractivity contribution is 0.102. The monoisotopic (exact) mass is 330 g/mol. The summed E-state index contributed by atoms with van der Waals surface area (Å²) in [5, 5.41) is 8.83. The maximum Gasteiger partial charge on any atom is 0.277 e. The highest BCUT2D eigenvalue weighted by Crippen LogP contribution is 2.11. The van der Waals surface area contributed by atoms with Crippen molar-refractivity contribution < 1.29 is 9.18 Å². The third-order valence-electron chi connectivity index (χ3n) is 3.00. The van der Waals surface area contributed by atoms with E-state index in [1.165, 1.54) is 35.6 Å². The number of aromatic nitrogens is 3. The van der Waals surface area contributed by atoms with Crippen molar-refractivity contribution in [3.05, 3.63) is 75.4 Å². The van der Waals surface area contributed by atoms with Crippen LogP contribution in [0, 0.1) is 5.82 Å². The molecule has 0 unspecified atom stereocenters. The first-order valence-electron chi connectivity index (χ1n) is 6.65. The second kappa shape index (κ2) is 6.49. The summed E-state index contributed by atoms with van der Waals surface area (Å²) < 4.78 is 14.1. The van der Waals surface area contributed by atoms with Gasteiger partial charge in [-0.3, -0.25) is 14.9 Å². The molecule has 3 aromatic rings. The minimum absolute atomic E-state index is 0.0990. The summed E-state index contributed by atoms with van der Waals surface area (Å²) >= 11 is 1.28. The Labute approximate surface area is 134 Å². The summed E-state index contributed by atoms with van der Waals surface area (Å²) in [4.78, 5) is 27.9. The Balaban J connectivity index is 1.82. The van der Waals surface area contributed by atoms with Crippen molar-refractivity contribution >= 4 is 22.4 Å². The van der Waals surface area contributed by atoms with Crippen LogP contribution in [-0.2, 0) is 6.54 Å². The highest BCUT2D eigenvalue weighted by atomic mass is 32.1. The number of carbonyl (C=O) groups excluding carboxylic acids is 1. The number of hydrogen-bond acceptors (Lipinski definition) is 5. The fourth-order valence-electron chi connectivity index (χ4n) is 1.89. The SMILES string of the molecule is O=C(Nc1nccs1)c1ccc(=O)n(Cc2ccc(F)cc2)n1. The van der Waals surface area contributed by atoms with Gasteiger partial charge in [-0.15, -0.1) is 11.3 Å². The van der Waals surface area contributed by atoms with Crippen LogP contribution in [0.1, 0.15) is 16.1 Å². The highest BCUT2D eigenvalue weighted by molar-refractivity contribution is 7.13. The van der Waals surface area contributed by atoms with Gasteiger partial charge in [-0.25, -0.2) is 14.1 Å². The Bertz CT molecular complexity index is 875. The summed E-state index contributed by atoms with van der Waals surface area (Å²) in [6, 6.07) is 8.36. The maximum atomic E-state index is 12.9. The molecular weight excluding hydrogens is 319 g/mol. The van der Waals surface area contributed by atoms with Crippen LogP contribution in [0.3, 0.4) is 0 Å². The predicted molar refractivity (Wildman–Crippen MR) is 84.1 cm³/mol. The zero-order valence-electron chi connectivity index (χ0n) is 11.8. The predicted octanol–water partition coefficient (Wildman–Crippen LogP) is 2.14. The van der Waals surface area contributed by atoms with Gasteiger partial charge in [0.2, 0.25) is 0 Å². The molecule has 0 fully saturated rings. The summed E-state index contributed by atoms with van der Waals surface area (Å²) in [5.74, 6) is -0.807. The number of nitrogens with zero attached hydrogens (tertiary/aromatic N) is 3. The van der Waals surface area contributed by atoms with Gasteiger partial charge in [0.1, 0.15) is 11.5 Å². The number of thiazole rings is 1. The molecular formula is C15H11FN4O2S. The Morgan fingerprint density at radius 1 is 1.22 bits per heavy atom. The van der Waals surface area contributed by atoms with Gasteiger partial charge >= 0.3 is 0 Å². The van der Waals surface area contributed by atoms with E-state index < -0.39 is 5.91 Å². The lowest BCUT2D eigenvalue weighted by Gasteiger charge is -2.07. The Kier molecular flexibility index (Phi) is 4.24. The minimum Gasteiger partial charge on any atom is -0.296 e. The van der Waals surface area contributed by atoms with Gasteiger partial charge in [-0.2, -0.15) is 5.10 Å². The number of benzene rings is 1. The van der Waals surface area contributed by atoms with Crippen LogP contribution in [0.4, 0.5) is 9.52 Å². The van der Waals surface area contributed by atoms with Crippen molar-refractivity contribution in [1.29, 1.82) is 0 Å². The number of anilines is 1. The molecule has 8 heteroatoms. The Morgan fingerprint density at radius 2 is 2.00 bits per heavy atom. The largest absolute Gasteiger partial charge is 0.296 e. The standard InChI is InChI=1S/C15H11FN4O2S/c16-11-3-1-10(2-4-11)9-20-13(21)6-5-12(19-20)14(22)18-15-17-7-8-23-15/h1-8H,9H2,(H,17,18,22). The molecule has 116 valence electrons. The van der Waals surface area contributed by atoms with E-state index >= 15 is 0 Å². The van der Waals surface area contributed by atoms with Gasteiger partial charge in [0.15, 0.2) is 5.13 Å². The topological polar surface area (TPSA) is 76.9 Å². The normalized spacial score (nSPS) is 10.5. The average Bonchev–Trinajstić information content (AvgIpc) is 3.04. The van der Waals surface area contributed by atoms with Crippen molar-refractivity contribution in [1.82, 2.24) is 14.8 Å². The minimum atomic E-state index is -0.451. The quantitative estimate of drug-likeness (QED) is 0.795. The van der Waals surface area contributed by atoms with E-state index in [2.05, 4.69) is 15.4 Å². The molecule has 0 atom stereocenters. The van der Waals surface area contributed by atoms with E-state index in [1.54, 1.807) is 23.7 Å². The number of amides is 1. The number of hydrogen-bond donors (Lipinski definition) is 1. The molecule has 0 aliphatic carbocycles. The van der Waals surface area contributed by atoms with Crippen LogP contribution >= 0.6 is 11.3 Å². The molecule has 1 aromatic carbocycles. The maximum absolute atomic E-state index is 12.9. The lowest BCUT2D eigenvalue weighted by atomic mass is 10.2. The van der Waals surface area contributed by atoms with E-state index in [1.807, 2.05) is 0 Å². The first kappa shape index (κ1) is 15.0. The van der Waals surface area contributed by atoms with Crippen LogP contribution in [0.5, 0.6) is 0 Å². The van der Waals surface area contributed by atoms with Gasteiger partial charge in [-0.05, 0) is 23.8 Å². The molecule has 0 saturated carbocycles. The van der Waals surface area contributed by atoms with E-state index in [-0.39, 0.29) is 23.6 Å². The zero-order valence-corrected chi connectivity index (χ0v) is 12.6. The van der Waals surface area contributed by atoms with Crippen LogP contribution in [0.25, 0.3) is 0 Å². The van der Waals surface area contributed by atoms with Crippen LogP contribution < -0.4 is 10.9 Å². The first-order valence-corrected chi connectivity index (χ1v) is 7.53. The summed E-state index contributed by atoms with van der Waals surface area (Å²) in [5.41, 5.74) is 0.459. The molecule has 0 radical (unpaired) electrons. The molecule has 2 heterocycles. The second-order valence-electron chi connectivity index (χ2n) is 4.63. The number of nitrogens with one attached hydrogen (secondary N) is 1.